The van der Waals surface area contributed by atoms with Crippen LogP contribution in [-0.2, 0) is 4.74 Å². The molecule has 0 amide bonds. The lowest BCUT2D eigenvalue weighted by Gasteiger charge is -2.51. The van der Waals surface area contributed by atoms with Crippen molar-refractivity contribution >= 4 is 0 Å². The number of hydrogen-bond acceptors (Lipinski definition) is 4. The van der Waals surface area contributed by atoms with Gasteiger partial charge in [0.2, 0.25) is 0 Å². The Hall–Kier alpha value is -0.160. The third-order valence-electron chi connectivity index (χ3n) is 3.68. The molecule has 88 valence electrons. The van der Waals surface area contributed by atoms with Gasteiger partial charge in [-0.25, -0.2) is 0 Å². The van der Waals surface area contributed by atoms with Gasteiger partial charge in [-0.2, -0.15) is 0 Å². The summed E-state index contributed by atoms with van der Waals surface area (Å²) in [6, 6.07) is 0.702. The molecule has 3 aliphatic heterocycles. The maximum absolute atomic E-state index is 6.05. The largest absolute Gasteiger partial charge is 0.344 e. The van der Waals surface area contributed by atoms with Gasteiger partial charge in [-0.1, -0.05) is 0 Å². The second kappa shape index (κ2) is 4.37. The van der Waals surface area contributed by atoms with Crippen LogP contribution < -0.4 is 0 Å². The summed E-state index contributed by atoms with van der Waals surface area (Å²) in [4.78, 5) is 7.12. The zero-order chi connectivity index (χ0) is 11.0. The number of rotatable bonds is 3. The molecule has 4 nitrogen and oxygen atoms in total. The summed E-state index contributed by atoms with van der Waals surface area (Å²) < 4.78 is 6.05. The average Bonchev–Trinajstić information content (AvgIpc) is 2.19. The van der Waals surface area contributed by atoms with Crippen molar-refractivity contribution in [1.29, 1.82) is 0 Å². The molecule has 2 bridgehead atoms. The molecule has 5 unspecified atom stereocenters. The highest BCUT2D eigenvalue weighted by Crippen LogP contribution is 2.22. The number of ether oxygens (including phenoxy) is 1. The molecule has 3 heterocycles. The lowest BCUT2D eigenvalue weighted by molar-refractivity contribution is -0.190. The number of hydrogen-bond donors (Lipinski definition) is 0. The Labute approximate surface area is 92.8 Å². The molecule has 0 N–H and O–H groups in total. The first kappa shape index (κ1) is 11.3. The van der Waals surface area contributed by atoms with Crippen LogP contribution in [0.2, 0.25) is 0 Å². The normalized spacial score (nSPS) is 42.2. The van der Waals surface area contributed by atoms with Gasteiger partial charge in [0.15, 0.2) is 0 Å². The third-order valence-corrected chi connectivity index (χ3v) is 3.68. The topological polar surface area (TPSA) is 19.0 Å². The summed E-state index contributed by atoms with van der Waals surface area (Å²) in [6.07, 6.45) is 0.498. The molecule has 0 radical (unpaired) electrons. The Morgan fingerprint density at radius 2 is 1.87 bits per heavy atom. The van der Waals surface area contributed by atoms with Crippen molar-refractivity contribution in [2.75, 3.05) is 40.3 Å². The van der Waals surface area contributed by atoms with Gasteiger partial charge in [0, 0.05) is 32.2 Å². The first-order chi connectivity index (χ1) is 7.08. The highest BCUT2D eigenvalue weighted by atomic mass is 16.5. The minimum atomic E-state index is 0.200. The Balaban J connectivity index is 1.90. The van der Waals surface area contributed by atoms with E-state index in [2.05, 4.69) is 42.6 Å². The highest BCUT2D eigenvalue weighted by molar-refractivity contribution is 4.88. The van der Waals surface area contributed by atoms with Gasteiger partial charge in [-0.15, -0.1) is 0 Å². The van der Waals surface area contributed by atoms with E-state index in [9.17, 15) is 0 Å². The molecule has 0 aromatic heterocycles. The average molecular weight is 213 g/mol. The summed E-state index contributed by atoms with van der Waals surface area (Å²) in [5, 5.41) is 0. The van der Waals surface area contributed by atoms with Gasteiger partial charge >= 0.3 is 0 Å². The summed E-state index contributed by atoms with van der Waals surface area (Å²) in [6.45, 7) is 9.01. The summed E-state index contributed by atoms with van der Waals surface area (Å²) in [5.74, 6) is 0. The number of nitrogens with zero attached hydrogens (tertiary/aromatic N) is 3. The minimum Gasteiger partial charge on any atom is -0.344 e. The van der Waals surface area contributed by atoms with Crippen LogP contribution in [0.25, 0.3) is 0 Å². The first-order valence-electron chi connectivity index (χ1n) is 5.88. The fourth-order valence-electron chi connectivity index (χ4n) is 2.35. The van der Waals surface area contributed by atoms with Gasteiger partial charge in [-0.3, -0.25) is 14.7 Å². The molecule has 0 spiro atoms. The molecule has 5 atom stereocenters. The lowest BCUT2D eigenvalue weighted by atomic mass is 10.1. The fraction of sp³-hybridized carbons (Fsp3) is 1.00. The van der Waals surface area contributed by atoms with E-state index in [1.54, 1.807) is 0 Å². The van der Waals surface area contributed by atoms with E-state index < -0.39 is 0 Å². The van der Waals surface area contributed by atoms with E-state index in [0.717, 1.165) is 19.6 Å². The SMILES string of the molecule is CC(OC1CN2CCN1CC2C)N(C)C. The summed E-state index contributed by atoms with van der Waals surface area (Å²) >= 11 is 0. The van der Waals surface area contributed by atoms with Crippen LogP contribution in [-0.4, -0.2) is 73.5 Å². The quantitative estimate of drug-likeness (QED) is 0.626. The van der Waals surface area contributed by atoms with Crippen LogP contribution in [0.15, 0.2) is 0 Å². The van der Waals surface area contributed by atoms with E-state index in [0.29, 0.717) is 12.3 Å². The maximum Gasteiger partial charge on any atom is 0.125 e. The predicted octanol–water partition coefficient (Wildman–Crippen LogP) is 0.256. The standard InChI is InChI=1S/C11H23N3O/c1-9-7-14-6-5-13(9)8-11(14)15-10(2)12(3)4/h9-11H,5-8H2,1-4H3. The molecular formula is C11H23N3O. The molecule has 3 fully saturated rings. The van der Waals surface area contributed by atoms with E-state index >= 15 is 0 Å². The molecular weight excluding hydrogens is 190 g/mol. The highest BCUT2D eigenvalue weighted by Gasteiger charge is 2.37. The first-order valence-corrected chi connectivity index (χ1v) is 5.88. The Morgan fingerprint density at radius 3 is 2.33 bits per heavy atom. The van der Waals surface area contributed by atoms with E-state index in [1.807, 2.05) is 0 Å². The Morgan fingerprint density at radius 1 is 1.20 bits per heavy atom. The van der Waals surface area contributed by atoms with Crippen molar-refractivity contribution in [3.63, 3.8) is 0 Å². The molecule has 15 heavy (non-hydrogen) atoms. The summed E-state index contributed by atoms with van der Waals surface area (Å²) in [5.41, 5.74) is 0. The van der Waals surface area contributed by atoms with Crippen molar-refractivity contribution < 1.29 is 4.74 Å². The van der Waals surface area contributed by atoms with Gasteiger partial charge in [-0.05, 0) is 27.9 Å². The van der Waals surface area contributed by atoms with Crippen LogP contribution in [0.5, 0.6) is 0 Å². The van der Waals surface area contributed by atoms with Crippen molar-refractivity contribution in [2.24, 2.45) is 0 Å². The third kappa shape index (κ3) is 2.33. The van der Waals surface area contributed by atoms with Crippen molar-refractivity contribution in [1.82, 2.24) is 14.7 Å². The molecule has 3 rings (SSSR count). The van der Waals surface area contributed by atoms with Gasteiger partial charge < -0.3 is 4.74 Å². The minimum absolute atomic E-state index is 0.200. The van der Waals surface area contributed by atoms with Gasteiger partial charge in [0.1, 0.15) is 12.5 Å². The smallest absolute Gasteiger partial charge is 0.125 e. The summed E-state index contributed by atoms with van der Waals surface area (Å²) in [7, 11) is 4.12. The second-order valence-corrected chi connectivity index (χ2v) is 4.99. The Bertz CT molecular complexity index is 222. The Kier molecular flexibility index (Phi) is 3.30. The molecule has 0 aromatic rings. The molecule has 3 aliphatic rings. The van der Waals surface area contributed by atoms with Crippen LogP contribution in [0.3, 0.4) is 0 Å². The number of piperazine rings is 3. The van der Waals surface area contributed by atoms with Crippen LogP contribution in [0.4, 0.5) is 0 Å². The van der Waals surface area contributed by atoms with Crippen molar-refractivity contribution in [3.8, 4) is 0 Å². The van der Waals surface area contributed by atoms with Crippen LogP contribution in [0.1, 0.15) is 13.8 Å². The van der Waals surface area contributed by atoms with Crippen LogP contribution >= 0.6 is 0 Å². The molecule has 0 saturated carbocycles. The maximum atomic E-state index is 6.05. The molecule has 0 aromatic carbocycles. The monoisotopic (exact) mass is 213 g/mol. The molecule has 3 saturated heterocycles. The lowest BCUT2D eigenvalue weighted by Crippen LogP contribution is -2.66. The van der Waals surface area contributed by atoms with E-state index in [-0.39, 0.29) is 6.23 Å². The van der Waals surface area contributed by atoms with Crippen molar-refractivity contribution in [2.45, 2.75) is 32.3 Å². The molecule has 0 aliphatic carbocycles. The zero-order valence-electron chi connectivity index (χ0n) is 10.3. The predicted molar refractivity (Wildman–Crippen MR) is 60.6 cm³/mol. The second-order valence-electron chi connectivity index (χ2n) is 4.99. The molecule has 4 heteroatoms. The van der Waals surface area contributed by atoms with E-state index in [1.165, 1.54) is 6.54 Å². The van der Waals surface area contributed by atoms with Crippen molar-refractivity contribution in [3.05, 3.63) is 0 Å². The van der Waals surface area contributed by atoms with E-state index in [4.69, 9.17) is 4.74 Å². The number of fused-ring (bicyclic) bond motifs is 3. The van der Waals surface area contributed by atoms with Gasteiger partial charge in [0.05, 0.1) is 0 Å². The van der Waals surface area contributed by atoms with Gasteiger partial charge in [0.25, 0.3) is 0 Å². The zero-order valence-corrected chi connectivity index (χ0v) is 10.3. The fourth-order valence-corrected chi connectivity index (χ4v) is 2.35. The van der Waals surface area contributed by atoms with Crippen LogP contribution in [0, 0.1) is 0 Å².